The van der Waals surface area contributed by atoms with E-state index in [0.717, 1.165) is 6.42 Å². The molecule has 1 rings (SSSR count). The third-order valence-electron chi connectivity index (χ3n) is 3.09. The van der Waals surface area contributed by atoms with Crippen LogP contribution in [-0.4, -0.2) is 17.7 Å². The van der Waals surface area contributed by atoms with Gasteiger partial charge in [-0.1, -0.05) is 44.8 Å². The molecule has 1 aromatic carbocycles. The lowest BCUT2D eigenvalue weighted by atomic mass is 10.1. The van der Waals surface area contributed by atoms with Gasteiger partial charge in [-0.3, -0.25) is 0 Å². The Balaban J connectivity index is 2.12. The van der Waals surface area contributed by atoms with Gasteiger partial charge in [-0.2, -0.15) is 0 Å². The molecular formula is C17H24O3. The molecule has 0 fully saturated rings. The van der Waals surface area contributed by atoms with Crippen LogP contribution < -0.4 is 4.74 Å². The van der Waals surface area contributed by atoms with Crippen molar-refractivity contribution in [1.82, 2.24) is 0 Å². The number of carboxylic acids is 1. The molecule has 1 aromatic rings. The lowest BCUT2D eigenvalue weighted by Gasteiger charge is -2.03. The van der Waals surface area contributed by atoms with Gasteiger partial charge in [0, 0.05) is 0 Å². The summed E-state index contributed by atoms with van der Waals surface area (Å²) in [4.78, 5) is 10.7. The number of hydrogen-bond acceptors (Lipinski definition) is 2. The first-order valence-electron chi connectivity index (χ1n) is 7.35. The van der Waals surface area contributed by atoms with Crippen LogP contribution in [0.15, 0.2) is 36.4 Å². The molecule has 0 unspecified atom stereocenters. The van der Waals surface area contributed by atoms with Gasteiger partial charge in [-0.15, -0.1) is 0 Å². The lowest BCUT2D eigenvalue weighted by molar-refractivity contribution is 0.0697. The van der Waals surface area contributed by atoms with Crippen molar-refractivity contribution >= 4 is 5.97 Å². The average Bonchev–Trinajstić information content (AvgIpc) is 2.46. The van der Waals surface area contributed by atoms with Gasteiger partial charge in [0.25, 0.3) is 0 Å². The molecule has 0 saturated heterocycles. The van der Waals surface area contributed by atoms with Gasteiger partial charge in [0.1, 0.15) is 12.4 Å². The quantitative estimate of drug-likeness (QED) is 0.498. The zero-order valence-electron chi connectivity index (χ0n) is 12.2. The molecule has 0 radical (unpaired) electrons. The molecular weight excluding hydrogens is 252 g/mol. The molecule has 0 heterocycles. The molecule has 3 heteroatoms. The second kappa shape index (κ2) is 10.1. The second-order valence-electron chi connectivity index (χ2n) is 4.81. The van der Waals surface area contributed by atoms with Crippen LogP contribution >= 0.6 is 0 Å². The SMILES string of the molecule is CCCCCCCC=CCOc1ccc(C(=O)O)cc1. The Morgan fingerprint density at radius 2 is 1.80 bits per heavy atom. The molecule has 1 N–H and O–H groups in total. The zero-order chi connectivity index (χ0) is 14.6. The van der Waals surface area contributed by atoms with Gasteiger partial charge in [0.15, 0.2) is 0 Å². The summed E-state index contributed by atoms with van der Waals surface area (Å²) in [6, 6.07) is 6.47. The van der Waals surface area contributed by atoms with Crippen molar-refractivity contribution in [1.29, 1.82) is 0 Å². The van der Waals surface area contributed by atoms with Gasteiger partial charge < -0.3 is 9.84 Å². The van der Waals surface area contributed by atoms with Crippen molar-refractivity contribution in [3.8, 4) is 5.75 Å². The molecule has 3 nitrogen and oxygen atoms in total. The highest BCUT2D eigenvalue weighted by Crippen LogP contribution is 2.12. The van der Waals surface area contributed by atoms with E-state index in [4.69, 9.17) is 9.84 Å². The molecule has 0 aliphatic carbocycles. The standard InChI is InChI=1S/C17H24O3/c1-2-3-4-5-6-7-8-9-14-20-16-12-10-15(11-13-16)17(18)19/h8-13H,2-7,14H2,1H3,(H,18,19). The van der Waals surface area contributed by atoms with E-state index in [9.17, 15) is 4.79 Å². The number of carbonyl (C=O) groups is 1. The molecule has 0 saturated carbocycles. The maximum absolute atomic E-state index is 10.7. The van der Waals surface area contributed by atoms with E-state index in [0.29, 0.717) is 12.4 Å². The first-order chi connectivity index (χ1) is 9.74. The monoisotopic (exact) mass is 276 g/mol. The van der Waals surface area contributed by atoms with Crippen LogP contribution in [0.2, 0.25) is 0 Å². The van der Waals surface area contributed by atoms with E-state index in [-0.39, 0.29) is 5.56 Å². The van der Waals surface area contributed by atoms with Gasteiger partial charge >= 0.3 is 5.97 Å². The van der Waals surface area contributed by atoms with Gasteiger partial charge in [0.05, 0.1) is 5.56 Å². The van der Waals surface area contributed by atoms with Crippen molar-refractivity contribution in [3.63, 3.8) is 0 Å². The highest BCUT2D eigenvalue weighted by molar-refractivity contribution is 5.87. The average molecular weight is 276 g/mol. The van der Waals surface area contributed by atoms with Crippen LogP contribution in [0.4, 0.5) is 0 Å². The van der Waals surface area contributed by atoms with Gasteiger partial charge in [0.2, 0.25) is 0 Å². The van der Waals surface area contributed by atoms with Crippen molar-refractivity contribution < 1.29 is 14.6 Å². The van der Waals surface area contributed by atoms with E-state index in [1.807, 2.05) is 6.08 Å². The Kier molecular flexibility index (Phi) is 8.20. The minimum atomic E-state index is -0.917. The third-order valence-corrected chi connectivity index (χ3v) is 3.09. The fraction of sp³-hybridized carbons (Fsp3) is 0.471. The van der Waals surface area contributed by atoms with Crippen molar-refractivity contribution in [2.75, 3.05) is 6.61 Å². The smallest absolute Gasteiger partial charge is 0.335 e. The Hall–Kier alpha value is -1.77. The summed E-state index contributed by atoms with van der Waals surface area (Å²) in [5.41, 5.74) is 0.278. The number of aromatic carboxylic acids is 1. The largest absolute Gasteiger partial charge is 0.490 e. The molecule has 110 valence electrons. The highest BCUT2D eigenvalue weighted by atomic mass is 16.5. The van der Waals surface area contributed by atoms with Crippen LogP contribution in [0.3, 0.4) is 0 Å². The van der Waals surface area contributed by atoms with Crippen LogP contribution in [-0.2, 0) is 0 Å². The van der Waals surface area contributed by atoms with Crippen LogP contribution in [0.5, 0.6) is 5.75 Å². The number of benzene rings is 1. The van der Waals surface area contributed by atoms with Crippen molar-refractivity contribution in [3.05, 3.63) is 42.0 Å². The van der Waals surface area contributed by atoms with E-state index >= 15 is 0 Å². The number of rotatable bonds is 10. The van der Waals surface area contributed by atoms with E-state index in [1.54, 1.807) is 24.3 Å². The second-order valence-corrected chi connectivity index (χ2v) is 4.81. The Bertz CT molecular complexity index is 407. The van der Waals surface area contributed by atoms with Gasteiger partial charge in [-0.25, -0.2) is 4.79 Å². The summed E-state index contributed by atoms with van der Waals surface area (Å²) >= 11 is 0. The normalized spacial score (nSPS) is 10.8. The fourth-order valence-electron chi connectivity index (χ4n) is 1.89. The molecule has 0 aliphatic rings. The molecule has 0 spiro atoms. The van der Waals surface area contributed by atoms with E-state index < -0.39 is 5.97 Å². The summed E-state index contributed by atoms with van der Waals surface area (Å²) in [6.07, 6.45) is 11.8. The van der Waals surface area contributed by atoms with Crippen LogP contribution in [0.1, 0.15) is 55.8 Å². The highest BCUT2D eigenvalue weighted by Gasteiger charge is 2.01. The number of hydrogen-bond donors (Lipinski definition) is 1. The Labute approximate surface area is 121 Å². The van der Waals surface area contributed by atoms with Crippen LogP contribution in [0, 0.1) is 0 Å². The molecule has 0 bridgehead atoms. The minimum Gasteiger partial charge on any atom is -0.490 e. The zero-order valence-corrected chi connectivity index (χ0v) is 12.2. The lowest BCUT2D eigenvalue weighted by Crippen LogP contribution is -1.97. The first-order valence-corrected chi connectivity index (χ1v) is 7.35. The molecule has 0 amide bonds. The van der Waals surface area contributed by atoms with Crippen molar-refractivity contribution in [2.24, 2.45) is 0 Å². The maximum atomic E-state index is 10.7. The topological polar surface area (TPSA) is 46.5 Å². The number of ether oxygens (including phenoxy) is 1. The minimum absolute atomic E-state index is 0.278. The molecule has 0 aliphatic heterocycles. The maximum Gasteiger partial charge on any atom is 0.335 e. The van der Waals surface area contributed by atoms with Crippen LogP contribution in [0.25, 0.3) is 0 Å². The predicted molar refractivity (Wildman–Crippen MR) is 81.4 cm³/mol. The summed E-state index contributed by atoms with van der Waals surface area (Å²) in [6.45, 7) is 2.75. The Morgan fingerprint density at radius 1 is 1.10 bits per heavy atom. The first kappa shape index (κ1) is 16.3. The summed E-state index contributed by atoms with van der Waals surface area (Å²) < 4.78 is 5.51. The predicted octanol–water partition coefficient (Wildman–Crippen LogP) is 4.68. The van der Waals surface area contributed by atoms with Crippen molar-refractivity contribution in [2.45, 2.75) is 45.4 Å². The molecule has 20 heavy (non-hydrogen) atoms. The molecule has 0 atom stereocenters. The summed E-state index contributed by atoms with van der Waals surface area (Å²) in [5.74, 6) is -0.220. The summed E-state index contributed by atoms with van der Waals surface area (Å²) in [5, 5.41) is 8.77. The fourth-order valence-corrected chi connectivity index (χ4v) is 1.89. The van der Waals surface area contributed by atoms with E-state index in [1.165, 1.54) is 32.1 Å². The summed E-state index contributed by atoms with van der Waals surface area (Å²) in [7, 11) is 0. The number of allylic oxidation sites excluding steroid dienone is 1. The third kappa shape index (κ3) is 6.98. The van der Waals surface area contributed by atoms with E-state index in [2.05, 4.69) is 13.0 Å². The molecule has 0 aromatic heterocycles. The Morgan fingerprint density at radius 3 is 2.45 bits per heavy atom. The van der Waals surface area contributed by atoms with Gasteiger partial charge in [-0.05, 0) is 37.1 Å². The number of carboxylic acid groups (broad SMARTS) is 1. The number of unbranched alkanes of at least 4 members (excludes halogenated alkanes) is 5.